The highest BCUT2D eigenvalue weighted by Gasteiger charge is 2.38. The van der Waals surface area contributed by atoms with Gasteiger partial charge in [-0.05, 0) is 31.4 Å². The molecule has 0 radical (unpaired) electrons. The minimum absolute atomic E-state index is 0.0874. The number of ether oxygens (including phenoxy) is 1. The normalized spacial score (nSPS) is 18.1. The highest BCUT2D eigenvalue weighted by molar-refractivity contribution is 8.13. The van der Waals surface area contributed by atoms with E-state index in [4.69, 9.17) is 15.4 Å². The minimum Gasteiger partial charge on any atom is -0.493 e. The Morgan fingerprint density at radius 1 is 1.35 bits per heavy atom. The van der Waals surface area contributed by atoms with Gasteiger partial charge in [0.05, 0.1) is 12.4 Å². The van der Waals surface area contributed by atoms with Gasteiger partial charge in [0.2, 0.25) is 9.05 Å². The molecular weight excluding hydrogens is 303 g/mol. The van der Waals surface area contributed by atoms with Crippen molar-refractivity contribution >= 4 is 19.7 Å². The molecule has 0 aliphatic heterocycles. The summed E-state index contributed by atoms with van der Waals surface area (Å²) in [4.78, 5) is 0. The van der Waals surface area contributed by atoms with Crippen molar-refractivity contribution in [3.8, 4) is 5.75 Å². The standard InChI is InChI=1S/C14H18ClFO3S/c1-11-4-5-12(8-13(11)16)19-9-14(6-2-3-7-14)10-20(15,17)18/h4-5,8H,2-3,6-7,9-10H2,1H3. The molecule has 0 unspecified atom stereocenters. The molecule has 3 nitrogen and oxygen atoms in total. The number of aryl methyl sites for hydroxylation is 1. The van der Waals surface area contributed by atoms with Crippen molar-refractivity contribution in [2.45, 2.75) is 32.6 Å². The molecule has 1 aromatic rings. The third-order valence-electron chi connectivity index (χ3n) is 3.83. The first-order valence-corrected chi connectivity index (χ1v) is 9.09. The second-order valence-corrected chi connectivity index (χ2v) is 8.37. The Morgan fingerprint density at radius 3 is 2.55 bits per heavy atom. The molecule has 1 fully saturated rings. The van der Waals surface area contributed by atoms with E-state index >= 15 is 0 Å². The fourth-order valence-electron chi connectivity index (χ4n) is 2.72. The van der Waals surface area contributed by atoms with Crippen LogP contribution in [0.3, 0.4) is 0 Å². The number of halogens is 2. The van der Waals surface area contributed by atoms with Crippen molar-refractivity contribution in [3.63, 3.8) is 0 Å². The summed E-state index contributed by atoms with van der Waals surface area (Å²) in [6, 6.07) is 4.66. The molecule has 0 saturated heterocycles. The quantitative estimate of drug-likeness (QED) is 0.778. The van der Waals surface area contributed by atoms with Gasteiger partial charge in [0, 0.05) is 22.2 Å². The number of benzene rings is 1. The van der Waals surface area contributed by atoms with Gasteiger partial charge in [-0.2, -0.15) is 0 Å². The van der Waals surface area contributed by atoms with Crippen LogP contribution in [0.15, 0.2) is 18.2 Å². The Morgan fingerprint density at radius 2 is 2.00 bits per heavy atom. The number of rotatable bonds is 5. The number of hydrogen-bond acceptors (Lipinski definition) is 3. The van der Waals surface area contributed by atoms with Gasteiger partial charge in [-0.3, -0.25) is 0 Å². The first kappa shape index (κ1) is 15.6. The largest absolute Gasteiger partial charge is 0.493 e. The van der Waals surface area contributed by atoms with Crippen molar-refractivity contribution in [2.75, 3.05) is 12.4 Å². The van der Waals surface area contributed by atoms with Crippen molar-refractivity contribution in [1.29, 1.82) is 0 Å². The van der Waals surface area contributed by atoms with Crippen LogP contribution in [0.25, 0.3) is 0 Å². The van der Waals surface area contributed by atoms with Crippen LogP contribution in [0.4, 0.5) is 4.39 Å². The molecule has 0 aromatic heterocycles. The van der Waals surface area contributed by atoms with Crippen LogP contribution in [0, 0.1) is 18.2 Å². The van der Waals surface area contributed by atoms with Crippen LogP contribution in [-0.2, 0) is 9.05 Å². The number of hydrogen-bond donors (Lipinski definition) is 0. The van der Waals surface area contributed by atoms with Crippen LogP contribution < -0.4 is 4.74 Å². The Kier molecular flexibility index (Phi) is 4.59. The van der Waals surface area contributed by atoms with Crippen LogP contribution >= 0.6 is 10.7 Å². The molecule has 20 heavy (non-hydrogen) atoms. The molecule has 0 spiro atoms. The van der Waals surface area contributed by atoms with E-state index in [0.717, 1.165) is 25.7 Å². The zero-order valence-electron chi connectivity index (χ0n) is 11.4. The fourth-order valence-corrected chi connectivity index (χ4v) is 4.52. The molecule has 0 bridgehead atoms. The first-order chi connectivity index (χ1) is 9.30. The van der Waals surface area contributed by atoms with Gasteiger partial charge >= 0.3 is 0 Å². The summed E-state index contributed by atoms with van der Waals surface area (Å²) in [6.07, 6.45) is 3.48. The van der Waals surface area contributed by atoms with Gasteiger partial charge < -0.3 is 4.74 Å². The topological polar surface area (TPSA) is 43.4 Å². The summed E-state index contributed by atoms with van der Waals surface area (Å²) in [6.45, 7) is 1.93. The van der Waals surface area contributed by atoms with Crippen molar-refractivity contribution in [1.82, 2.24) is 0 Å². The zero-order chi connectivity index (χ0) is 14.8. The summed E-state index contributed by atoms with van der Waals surface area (Å²) in [5, 5.41) is 0. The van der Waals surface area contributed by atoms with Gasteiger partial charge in [-0.25, -0.2) is 12.8 Å². The zero-order valence-corrected chi connectivity index (χ0v) is 12.9. The fraction of sp³-hybridized carbons (Fsp3) is 0.571. The minimum atomic E-state index is -3.57. The van der Waals surface area contributed by atoms with E-state index < -0.39 is 14.5 Å². The summed E-state index contributed by atoms with van der Waals surface area (Å²) < 4.78 is 41.8. The molecule has 6 heteroatoms. The lowest BCUT2D eigenvalue weighted by molar-refractivity contribution is 0.170. The van der Waals surface area contributed by atoms with Gasteiger partial charge in [0.1, 0.15) is 11.6 Å². The predicted octanol–water partition coefficient (Wildman–Crippen LogP) is 3.64. The van der Waals surface area contributed by atoms with Crippen molar-refractivity contribution < 1.29 is 17.5 Å². The van der Waals surface area contributed by atoms with Crippen molar-refractivity contribution in [2.24, 2.45) is 5.41 Å². The second kappa shape index (κ2) is 5.90. The van der Waals surface area contributed by atoms with E-state index in [-0.39, 0.29) is 18.2 Å². The maximum absolute atomic E-state index is 13.4. The molecule has 0 N–H and O–H groups in total. The molecular formula is C14H18ClFO3S. The predicted molar refractivity (Wildman–Crippen MR) is 77.2 cm³/mol. The molecule has 0 atom stereocenters. The van der Waals surface area contributed by atoms with Crippen LogP contribution in [0.5, 0.6) is 5.75 Å². The lowest BCUT2D eigenvalue weighted by Gasteiger charge is -2.27. The molecule has 0 heterocycles. The van der Waals surface area contributed by atoms with E-state index in [1.165, 1.54) is 6.07 Å². The van der Waals surface area contributed by atoms with Crippen LogP contribution in [0.2, 0.25) is 0 Å². The summed E-state index contributed by atoms with van der Waals surface area (Å²) >= 11 is 0. The Labute approximate surface area is 123 Å². The first-order valence-electron chi connectivity index (χ1n) is 6.61. The highest BCUT2D eigenvalue weighted by Crippen LogP contribution is 2.40. The molecule has 1 saturated carbocycles. The molecule has 0 amide bonds. The SMILES string of the molecule is Cc1ccc(OCC2(CS(=O)(=O)Cl)CCCC2)cc1F. The average molecular weight is 321 g/mol. The lowest BCUT2D eigenvalue weighted by atomic mass is 9.90. The maximum Gasteiger partial charge on any atom is 0.233 e. The average Bonchev–Trinajstić information content (AvgIpc) is 2.77. The molecule has 1 aliphatic rings. The second-order valence-electron chi connectivity index (χ2n) is 5.59. The molecule has 1 aromatic carbocycles. The maximum atomic E-state index is 13.4. The third-order valence-corrected chi connectivity index (χ3v) is 5.12. The Balaban J connectivity index is 2.07. The van der Waals surface area contributed by atoms with E-state index in [1.807, 2.05) is 0 Å². The van der Waals surface area contributed by atoms with Gasteiger partial charge in [-0.1, -0.05) is 18.9 Å². The summed E-state index contributed by atoms with van der Waals surface area (Å²) in [5.41, 5.74) is 0.110. The van der Waals surface area contributed by atoms with Gasteiger partial charge in [0.25, 0.3) is 0 Å². The molecule has 2 rings (SSSR count). The Hall–Kier alpha value is -0.810. The third kappa shape index (κ3) is 4.09. The van der Waals surface area contributed by atoms with E-state index in [0.29, 0.717) is 11.3 Å². The van der Waals surface area contributed by atoms with Gasteiger partial charge in [-0.15, -0.1) is 0 Å². The summed E-state index contributed by atoms with van der Waals surface area (Å²) in [7, 11) is 1.82. The lowest BCUT2D eigenvalue weighted by Crippen LogP contribution is -2.32. The van der Waals surface area contributed by atoms with Crippen molar-refractivity contribution in [3.05, 3.63) is 29.6 Å². The van der Waals surface area contributed by atoms with Crippen LogP contribution in [-0.4, -0.2) is 20.8 Å². The van der Waals surface area contributed by atoms with Gasteiger partial charge in [0.15, 0.2) is 0 Å². The van der Waals surface area contributed by atoms with E-state index in [2.05, 4.69) is 0 Å². The molecule has 1 aliphatic carbocycles. The summed E-state index contributed by atoms with van der Waals surface area (Å²) in [5.74, 6) is 0.00916. The smallest absolute Gasteiger partial charge is 0.233 e. The van der Waals surface area contributed by atoms with E-state index in [1.54, 1.807) is 19.1 Å². The van der Waals surface area contributed by atoms with Crippen LogP contribution in [0.1, 0.15) is 31.2 Å². The van der Waals surface area contributed by atoms with E-state index in [9.17, 15) is 12.8 Å². The Bertz CT molecular complexity index is 580. The highest BCUT2D eigenvalue weighted by atomic mass is 35.7. The monoisotopic (exact) mass is 320 g/mol. The molecule has 112 valence electrons.